The average Bonchev–Trinajstić information content (AvgIpc) is 2.82. The fraction of sp³-hybridized carbons (Fsp3) is 0.429. The van der Waals surface area contributed by atoms with E-state index >= 15 is 0 Å². The van der Waals surface area contributed by atoms with Crippen LogP contribution in [-0.4, -0.2) is 5.78 Å². The third-order valence-corrected chi connectivity index (χ3v) is 6.14. The van der Waals surface area contributed by atoms with Crippen molar-refractivity contribution in [2.75, 3.05) is 0 Å². The predicted octanol–water partition coefficient (Wildman–Crippen LogP) is 3.74. The van der Waals surface area contributed by atoms with Crippen LogP contribution in [0.1, 0.15) is 93.2 Å². The topological polar surface area (TPSA) is 47.0 Å². The number of unbranched alkanes of at least 4 members (excludes halogenated alkanes) is 8. The van der Waals surface area contributed by atoms with Crippen LogP contribution in [-0.2, 0) is 0 Å². The highest BCUT2D eigenvalue weighted by molar-refractivity contribution is 6.16. The number of nitrogens with two attached hydrogens (primary N) is 1. The molecule has 1 unspecified atom stereocenters. The molecule has 0 amide bonds. The SMILES string of the molecule is CCCCCCCCCCCC(N)[n+]1ccc(C(=O)c2cccc3ccccc23)cc1.[Br-]. The van der Waals surface area contributed by atoms with E-state index in [1.807, 2.05) is 71.6 Å². The van der Waals surface area contributed by atoms with E-state index in [2.05, 4.69) is 6.92 Å². The summed E-state index contributed by atoms with van der Waals surface area (Å²) < 4.78 is 2.02. The fourth-order valence-electron chi connectivity index (χ4n) is 4.20. The second-order valence-electron chi connectivity index (χ2n) is 8.57. The highest BCUT2D eigenvalue weighted by atomic mass is 79.9. The molecule has 0 spiro atoms. The van der Waals surface area contributed by atoms with Crippen LogP contribution >= 0.6 is 0 Å². The van der Waals surface area contributed by atoms with Crippen molar-refractivity contribution in [3.8, 4) is 0 Å². The first-order valence-electron chi connectivity index (χ1n) is 12.0. The third-order valence-electron chi connectivity index (χ3n) is 6.14. The molecule has 2 aromatic carbocycles. The molecule has 1 aromatic heterocycles. The van der Waals surface area contributed by atoms with Crippen molar-refractivity contribution in [3.63, 3.8) is 0 Å². The smallest absolute Gasteiger partial charge is 0.209 e. The van der Waals surface area contributed by atoms with Crippen LogP contribution in [0.3, 0.4) is 0 Å². The Balaban J connectivity index is 0.00000363. The summed E-state index contributed by atoms with van der Waals surface area (Å²) in [6, 6.07) is 17.7. The molecule has 0 saturated heterocycles. The van der Waals surface area contributed by atoms with E-state index in [-0.39, 0.29) is 28.9 Å². The molecule has 0 bridgehead atoms. The number of benzene rings is 2. The Morgan fingerprint density at radius 2 is 1.41 bits per heavy atom. The van der Waals surface area contributed by atoms with Gasteiger partial charge >= 0.3 is 0 Å². The van der Waals surface area contributed by atoms with Gasteiger partial charge in [0.15, 0.2) is 18.2 Å². The Labute approximate surface area is 203 Å². The zero-order valence-corrected chi connectivity index (χ0v) is 20.9. The first-order chi connectivity index (χ1) is 15.2. The summed E-state index contributed by atoms with van der Waals surface area (Å²) in [5.74, 6) is 0.0523. The maximum atomic E-state index is 13.1. The average molecular weight is 498 g/mol. The molecule has 3 nitrogen and oxygen atoms in total. The standard InChI is InChI=1S/C28H37N2O.BrH/c1-2-3-4-5-6-7-8-9-10-18-27(29)30-21-19-24(20-22-30)28(31)26-17-13-15-23-14-11-12-16-25(23)26;/h11-17,19-22,27H,2-10,18,29H2,1H3;1H/q+1;/p-1. The van der Waals surface area contributed by atoms with E-state index in [9.17, 15) is 4.79 Å². The van der Waals surface area contributed by atoms with Gasteiger partial charge in [-0.15, -0.1) is 0 Å². The maximum absolute atomic E-state index is 13.1. The van der Waals surface area contributed by atoms with Crippen LogP contribution in [0.15, 0.2) is 67.0 Å². The number of hydrogen-bond acceptors (Lipinski definition) is 2. The first kappa shape index (κ1) is 26.2. The Morgan fingerprint density at radius 1 is 0.812 bits per heavy atom. The molecule has 0 aliphatic carbocycles. The minimum absolute atomic E-state index is 0. The summed E-state index contributed by atoms with van der Waals surface area (Å²) in [6.45, 7) is 2.26. The molecule has 3 aromatic rings. The van der Waals surface area contributed by atoms with E-state index in [1.165, 1.54) is 51.4 Å². The highest BCUT2D eigenvalue weighted by Gasteiger charge is 2.16. The second kappa shape index (κ2) is 14.2. The number of pyridine rings is 1. The van der Waals surface area contributed by atoms with Crippen molar-refractivity contribution in [3.05, 3.63) is 78.1 Å². The van der Waals surface area contributed by atoms with Gasteiger partial charge in [0.05, 0.1) is 0 Å². The summed E-state index contributed by atoms with van der Waals surface area (Å²) in [5.41, 5.74) is 7.82. The lowest BCUT2D eigenvalue weighted by Crippen LogP contribution is -3.00. The summed E-state index contributed by atoms with van der Waals surface area (Å²) in [6.07, 6.45) is 16.7. The molecule has 2 N–H and O–H groups in total. The Morgan fingerprint density at radius 3 is 2.09 bits per heavy atom. The van der Waals surface area contributed by atoms with Gasteiger partial charge in [-0.1, -0.05) is 101 Å². The molecule has 172 valence electrons. The van der Waals surface area contributed by atoms with Gasteiger partial charge in [-0.25, -0.2) is 0 Å². The van der Waals surface area contributed by atoms with Gasteiger partial charge < -0.3 is 17.0 Å². The second-order valence-corrected chi connectivity index (χ2v) is 8.57. The molecular weight excluding hydrogens is 460 g/mol. The lowest BCUT2D eigenvalue weighted by molar-refractivity contribution is -0.723. The Kier molecular flexibility index (Phi) is 11.6. The molecule has 0 aliphatic rings. The largest absolute Gasteiger partial charge is 1.00 e. The molecule has 0 fully saturated rings. The molecule has 3 rings (SSSR count). The predicted molar refractivity (Wildman–Crippen MR) is 129 cm³/mol. The van der Waals surface area contributed by atoms with Crippen molar-refractivity contribution in [1.82, 2.24) is 0 Å². The monoisotopic (exact) mass is 496 g/mol. The number of carbonyl (C=O) groups is 1. The number of halogens is 1. The van der Waals surface area contributed by atoms with Gasteiger partial charge in [0.2, 0.25) is 6.17 Å². The summed E-state index contributed by atoms with van der Waals surface area (Å²) in [7, 11) is 0. The van der Waals surface area contributed by atoms with E-state index in [4.69, 9.17) is 5.73 Å². The molecule has 1 atom stereocenters. The van der Waals surface area contributed by atoms with Gasteiger partial charge in [-0.3, -0.25) is 10.5 Å². The van der Waals surface area contributed by atoms with Gasteiger partial charge in [0, 0.05) is 29.7 Å². The minimum atomic E-state index is -0.0359. The van der Waals surface area contributed by atoms with Crippen LogP contribution in [0.2, 0.25) is 0 Å². The van der Waals surface area contributed by atoms with Gasteiger partial charge in [-0.05, 0) is 17.2 Å². The van der Waals surface area contributed by atoms with Crippen molar-refractivity contribution in [1.29, 1.82) is 0 Å². The van der Waals surface area contributed by atoms with Crippen LogP contribution in [0.4, 0.5) is 0 Å². The molecule has 1 heterocycles. The first-order valence-corrected chi connectivity index (χ1v) is 12.0. The molecule has 0 aliphatic heterocycles. The van der Waals surface area contributed by atoms with Gasteiger partial charge in [0.1, 0.15) is 0 Å². The van der Waals surface area contributed by atoms with Crippen LogP contribution in [0.5, 0.6) is 0 Å². The Bertz CT molecular complexity index is 950. The molecule has 32 heavy (non-hydrogen) atoms. The van der Waals surface area contributed by atoms with Gasteiger partial charge in [0.25, 0.3) is 0 Å². The summed E-state index contributed by atoms with van der Waals surface area (Å²) in [4.78, 5) is 13.1. The van der Waals surface area contributed by atoms with Crippen LogP contribution < -0.4 is 27.3 Å². The highest BCUT2D eigenvalue weighted by Crippen LogP contribution is 2.21. The lowest BCUT2D eigenvalue weighted by Gasteiger charge is -2.09. The van der Waals surface area contributed by atoms with E-state index in [0.717, 1.165) is 29.2 Å². The van der Waals surface area contributed by atoms with Crippen molar-refractivity contribution in [2.24, 2.45) is 5.73 Å². The molecule has 4 heteroatoms. The third kappa shape index (κ3) is 7.53. The number of fused-ring (bicyclic) bond motifs is 1. The molecule has 0 radical (unpaired) electrons. The van der Waals surface area contributed by atoms with E-state index in [0.29, 0.717) is 5.56 Å². The fourth-order valence-corrected chi connectivity index (χ4v) is 4.20. The van der Waals surface area contributed by atoms with E-state index in [1.54, 1.807) is 0 Å². The van der Waals surface area contributed by atoms with Crippen molar-refractivity contribution < 1.29 is 26.3 Å². The Hall–Kier alpha value is -2.04. The zero-order chi connectivity index (χ0) is 21.9. The summed E-state index contributed by atoms with van der Waals surface area (Å²) in [5, 5.41) is 2.08. The van der Waals surface area contributed by atoms with Gasteiger partial charge in [-0.2, -0.15) is 4.57 Å². The van der Waals surface area contributed by atoms with E-state index < -0.39 is 0 Å². The number of nitrogens with zero attached hydrogens (tertiary/aromatic N) is 1. The molecule has 0 saturated carbocycles. The maximum Gasteiger partial charge on any atom is 0.209 e. The quantitative estimate of drug-likeness (QED) is 0.222. The number of carbonyl (C=O) groups excluding carboxylic acids is 1. The molecular formula is C28H37BrN2O. The number of ketones is 1. The number of aromatic nitrogens is 1. The van der Waals surface area contributed by atoms with Crippen molar-refractivity contribution in [2.45, 2.75) is 77.3 Å². The lowest BCUT2D eigenvalue weighted by atomic mass is 9.98. The minimum Gasteiger partial charge on any atom is -1.00 e. The zero-order valence-electron chi connectivity index (χ0n) is 19.3. The van der Waals surface area contributed by atoms with Crippen molar-refractivity contribution >= 4 is 16.6 Å². The van der Waals surface area contributed by atoms with Crippen LogP contribution in [0.25, 0.3) is 10.8 Å². The number of hydrogen-bond donors (Lipinski definition) is 1. The number of rotatable bonds is 13. The van der Waals surface area contributed by atoms with Crippen LogP contribution in [0, 0.1) is 0 Å². The summed E-state index contributed by atoms with van der Waals surface area (Å²) >= 11 is 0. The normalized spacial score (nSPS) is 11.8.